The van der Waals surface area contributed by atoms with Crippen LogP contribution in [0.1, 0.15) is 18.9 Å². The Labute approximate surface area is 166 Å². The predicted octanol–water partition coefficient (Wildman–Crippen LogP) is 3.20. The number of methoxy groups -OCH3 is 2. The Morgan fingerprint density at radius 1 is 1.11 bits per heavy atom. The first-order chi connectivity index (χ1) is 13.2. The van der Waals surface area contributed by atoms with Crippen molar-refractivity contribution in [2.45, 2.75) is 26.3 Å². The monoisotopic (exact) mass is 406 g/mol. The highest BCUT2D eigenvalue weighted by Crippen LogP contribution is 2.30. The van der Waals surface area contributed by atoms with E-state index in [4.69, 9.17) is 9.47 Å². The molecule has 0 aliphatic rings. The number of aryl methyl sites for hydroxylation is 1. The summed E-state index contributed by atoms with van der Waals surface area (Å²) in [5.74, 6) is 0.535. The van der Waals surface area contributed by atoms with Crippen molar-refractivity contribution in [1.82, 2.24) is 0 Å². The van der Waals surface area contributed by atoms with Gasteiger partial charge >= 0.3 is 0 Å². The number of hydrogen-bond acceptors (Lipinski definition) is 5. The van der Waals surface area contributed by atoms with Crippen molar-refractivity contribution in [2.24, 2.45) is 0 Å². The number of benzene rings is 2. The molecule has 152 valence electrons. The molecule has 2 aromatic rings. The van der Waals surface area contributed by atoms with E-state index < -0.39 is 22.0 Å². The molecule has 0 unspecified atom stereocenters. The number of ether oxygens (including phenoxy) is 2. The van der Waals surface area contributed by atoms with E-state index in [9.17, 15) is 13.2 Å². The Hall–Kier alpha value is -2.74. The van der Waals surface area contributed by atoms with Crippen LogP contribution in [0.3, 0.4) is 0 Å². The van der Waals surface area contributed by atoms with Gasteiger partial charge in [0.2, 0.25) is 15.9 Å². The highest BCUT2D eigenvalue weighted by molar-refractivity contribution is 7.92. The zero-order valence-electron chi connectivity index (χ0n) is 16.7. The van der Waals surface area contributed by atoms with E-state index in [-0.39, 0.29) is 0 Å². The lowest BCUT2D eigenvalue weighted by Gasteiger charge is -2.30. The molecule has 8 heteroatoms. The normalized spacial score (nSPS) is 12.2. The second-order valence-electron chi connectivity index (χ2n) is 6.37. The third-order valence-corrected chi connectivity index (χ3v) is 5.46. The van der Waals surface area contributed by atoms with Crippen LogP contribution in [0.5, 0.6) is 11.5 Å². The average molecular weight is 407 g/mol. The second-order valence-corrected chi connectivity index (χ2v) is 8.23. The standard InChI is InChI=1S/C20H26N2O5S/c1-6-18(22(28(5,24)25)15-9-7-14(2)8-10-15)20(23)21-17-13-16(26-3)11-12-19(17)27-4/h7-13,18H,6H2,1-5H3,(H,21,23)/t18-/m0/s1. The smallest absolute Gasteiger partial charge is 0.248 e. The van der Waals surface area contributed by atoms with E-state index in [1.165, 1.54) is 14.2 Å². The van der Waals surface area contributed by atoms with Crippen molar-refractivity contribution in [2.75, 3.05) is 30.1 Å². The van der Waals surface area contributed by atoms with Gasteiger partial charge in [0, 0.05) is 6.07 Å². The zero-order chi connectivity index (χ0) is 20.9. The van der Waals surface area contributed by atoms with Gasteiger partial charge < -0.3 is 14.8 Å². The van der Waals surface area contributed by atoms with Crippen molar-refractivity contribution >= 4 is 27.3 Å². The molecule has 1 amide bonds. The first-order valence-electron chi connectivity index (χ1n) is 8.80. The van der Waals surface area contributed by atoms with Crippen LogP contribution in [0.2, 0.25) is 0 Å². The quantitative estimate of drug-likeness (QED) is 0.728. The van der Waals surface area contributed by atoms with Gasteiger partial charge in [-0.05, 0) is 37.6 Å². The molecule has 0 bridgehead atoms. The molecule has 1 atom stereocenters. The third kappa shape index (κ3) is 4.95. The summed E-state index contributed by atoms with van der Waals surface area (Å²) in [4.78, 5) is 13.0. The Kier molecular flexibility index (Phi) is 6.90. The number of sulfonamides is 1. The fourth-order valence-electron chi connectivity index (χ4n) is 2.88. The number of anilines is 2. The Bertz CT molecular complexity index is 926. The third-order valence-electron chi connectivity index (χ3n) is 4.28. The van der Waals surface area contributed by atoms with Crippen LogP contribution in [0.15, 0.2) is 42.5 Å². The Morgan fingerprint density at radius 2 is 1.75 bits per heavy atom. The number of amides is 1. The van der Waals surface area contributed by atoms with E-state index in [0.717, 1.165) is 16.1 Å². The number of nitrogens with one attached hydrogen (secondary N) is 1. The molecule has 1 N–H and O–H groups in total. The molecule has 0 heterocycles. The summed E-state index contributed by atoms with van der Waals surface area (Å²) in [5, 5.41) is 2.77. The molecule has 0 aromatic heterocycles. The van der Waals surface area contributed by atoms with Gasteiger partial charge in [0.1, 0.15) is 17.5 Å². The molecule has 0 saturated carbocycles. The van der Waals surface area contributed by atoms with Crippen LogP contribution >= 0.6 is 0 Å². The lowest BCUT2D eigenvalue weighted by molar-refractivity contribution is -0.117. The van der Waals surface area contributed by atoms with Crippen molar-refractivity contribution < 1.29 is 22.7 Å². The number of carbonyl (C=O) groups excluding carboxylic acids is 1. The van der Waals surface area contributed by atoms with Gasteiger partial charge in [-0.15, -0.1) is 0 Å². The number of carbonyl (C=O) groups is 1. The molecular formula is C20H26N2O5S. The molecule has 0 fully saturated rings. The van der Waals surface area contributed by atoms with Crippen LogP contribution in [0, 0.1) is 6.92 Å². The van der Waals surface area contributed by atoms with Gasteiger partial charge in [-0.25, -0.2) is 8.42 Å². The second kappa shape index (κ2) is 8.97. The van der Waals surface area contributed by atoms with Gasteiger partial charge in [0.05, 0.1) is 31.9 Å². The Morgan fingerprint density at radius 3 is 2.25 bits per heavy atom. The van der Waals surface area contributed by atoms with Crippen LogP contribution in [-0.2, 0) is 14.8 Å². The van der Waals surface area contributed by atoms with Gasteiger partial charge in [0.15, 0.2) is 0 Å². The van der Waals surface area contributed by atoms with E-state index >= 15 is 0 Å². The molecule has 0 radical (unpaired) electrons. The maximum atomic E-state index is 13.0. The maximum Gasteiger partial charge on any atom is 0.248 e. The number of hydrogen-bond donors (Lipinski definition) is 1. The fourth-order valence-corrected chi connectivity index (χ4v) is 4.09. The van der Waals surface area contributed by atoms with Crippen LogP contribution in [-0.4, -0.2) is 40.8 Å². The molecule has 0 saturated heterocycles. The fraction of sp³-hybridized carbons (Fsp3) is 0.350. The van der Waals surface area contributed by atoms with Crippen molar-refractivity contribution in [3.63, 3.8) is 0 Å². The summed E-state index contributed by atoms with van der Waals surface area (Å²) in [7, 11) is -0.683. The molecular weight excluding hydrogens is 380 g/mol. The SMILES string of the molecule is CC[C@@H](C(=O)Nc1cc(OC)ccc1OC)N(c1ccc(C)cc1)S(C)(=O)=O. The van der Waals surface area contributed by atoms with Crippen LogP contribution in [0.25, 0.3) is 0 Å². The van der Waals surface area contributed by atoms with Gasteiger partial charge in [0.25, 0.3) is 0 Å². The van der Waals surface area contributed by atoms with Gasteiger partial charge in [-0.3, -0.25) is 9.10 Å². The summed E-state index contributed by atoms with van der Waals surface area (Å²) in [6, 6.07) is 11.1. The highest BCUT2D eigenvalue weighted by Gasteiger charge is 2.32. The van der Waals surface area contributed by atoms with Crippen LogP contribution < -0.4 is 19.1 Å². The summed E-state index contributed by atoms with van der Waals surface area (Å²) in [6.45, 7) is 3.67. The predicted molar refractivity (Wildman–Crippen MR) is 111 cm³/mol. The van der Waals surface area contributed by atoms with E-state index in [2.05, 4.69) is 5.32 Å². The minimum absolute atomic E-state index is 0.291. The van der Waals surface area contributed by atoms with Crippen molar-refractivity contribution in [3.8, 4) is 11.5 Å². The molecule has 0 spiro atoms. The van der Waals surface area contributed by atoms with E-state index in [1.807, 2.05) is 19.1 Å². The van der Waals surface area contributed by atoms with Crippen LogP contribution in [0.4, 0.5) is 11.4 Å². The molecule has 0 aliphatic carbocycles. The minimum Gasteiger partial charge on any atom is -0.497 e. The lowest BCUT2D eigenvalue weighted by atomic mass is 10.1. The minimum atomic E-state index is -3.69. The Balaban J connectivity index is 2.41. The molecule has 7 nitrogen and oxygen atoms in total. The first-order valence-corrected chi connectivity index (χ1v) is 10.6. The summed E-state index contributed by atoms with van der Waals surface area (Å²) in [6.07, 6.45) is 1.38. The van der Waals surface area contributed by atoms with Gasteiger partial charge in [-0.2, -0.15) is 0 Å². The zero-order valence-corrected chi connectivity index (χ0v) is 17.5. The summed E-state index contributed by atoms with van der Waals surface area (Å²) in [5.41, 5.74) is 1.84. The average Bonchev–Trinajstić information content (AvgIpc) is 2.65. The maximum absolute atomic E-state index is 13.0. The van der Waals surface area contributed by atoms with Crippen molar-refractivity contribution in [1.29, 1.82) is 0 Å². The first kappa shape index (κ1) is 21.6. The van der Waals surface area contributed by atoms with E-state index in [1.54, 1.807) is 37.3 Å². The number of rotatable bonds is 8. The highest BCUT2D eigenvalue weighted by atomic mass is 32.2. The molecule has 28 heavy (non-hydrogen) atoms. The summed E-state index contributed by atoms with van der Waals surface area (Å²) < 4.78 is 36.6. The van der Waals surface area contributed by atoms with Gasteiger partial charge in [-0.1, -0.05) is 24.6 Å². The molecule has 2 aromatic carbocycles. The summed E-state index contributed by atoms with van der Waals surface area (Å²) >= 11 is 0. The van der Waals surface area contributed by atoms with Crippen molar-refractivity contribution in [3.05, 3.63) is 48.0 Å². The van der Waals surface area contributed by atoms with E-state index in [0.29, 0.717) is 29.3 Å². The number of nitrogens with zero attached hydrogens (tertiary/aromatic N) is 1. The molecule has 0 aliphatic heterocycles. The topological polar surface area (TPSA) is 84.9 Å². The molecule has 2 rings (SSSR count). The largest absolute Gasteiger partial charge is 0.497 e. The lowest BCUT2D eigenvalue weighted by Crippen LogP contribution is -2.47.